The third kappa shape index (κ3) is 17.2. The number of esters is 1. The van der Waals surface area contributed by atoms with Gasteiger partial charge in [-0.25, -0.2) is 0 Å². The van der Waals surface area contributed by atoms with Crippen molar-refractivity contribution in [1.29, 1.82) is 0 Å². The second-order valence-electron chi connectivity index (χ2n) is 5.57. The van der Waals surface area contributed by atoms with Gasteiger partial charge in [0.05, 0.1) is 6.61 Å². The minimum Gasteiger partial charge on any atom is -0.466 e. The van der Waals surface area contributed by atoms with Crippen LogP contribution in [0.15, 0.2) is 12.2 Å². The lowest BCUT2D eigenvalue weighted by molar-refractivity contribution is -0.141. The van der Waals surface area contributed by atoms with Gasteiger partial charge in [-0.15, -0.1) is 0 Å². The van der Waals surface area contributed by atoms with E-state index in [1.807, 2.05) is 0 Å². The molecule has 0 fully saturated rings. The molecule has 0 unspecified atom stereocenters. The van der Waals surface area contributed by atoms with E-state index in [9.17, 15) is 4.79 Å². The smallest absolute Gasteiger partial charge is 0.302 e. The van der Waals surface area contributed by atoms with E-state index in [1.54, 1.807) is 0 Å². The zero-order chi connectivity index (χ0) is 14.9. The Bertz CT molecular complexity index is 234. The highest BCUT2D eigenvalue weighted by atomic mass is 16.5. The van der Waals surface area contributed by atoms with Gasteiger partial charge in [0.15, 0.2) is 0 Å². The number of carbonyl (C=O) groups excluding carboxylic acids is 1. The summed E-state index contributed by atoms with van der Waals surface area (Å²) in [4.78, 5) is 10.6. The molecule has 20 heavy (non-hydrogen) atoms. The Morgan fingerprint density at radius 3 is 1.85 bits per heavy atom. The van der Waals surface area contributed by atoms with E-state index < -0.39 is 0 Å². The van der Waals surface area contributed by atoms with E-state index in [4.69, 9.17) is 4.74 Å². The molecule has 0 aromatic rings. The number of rotatable bonds is 14. The van der Waals surface area contributed by atoms with Crippen molar-refractivity contribution in [3.05, 3.63) is 12.2 Å². The van der Waals surface area contributed by atoms with Gasteiger partial charge in [0, 0.05) is 6.92 Å². The minimum absolute atomic E-state index is 0.158. The first-order valence-electron chi connectivity index (χ1n) is 8.55. The van der Waals surface area contributed by atoms with Crippen molar-refractivity contribution < 1.29 is 9.53 Å². The summed E-state index contributed by atoms with van der Waals surface area (Å²) in [6.07, 6.45) is 20.1. The fraction of sp³-hybridized carbons (Fsp3) is 0.833. The van der Waals surface area contributed by atoms with Crippen LogP contribution in [0.25, 0.3) is 0 Å². The van der Waals surface area contributed by atoms with Gasteiger partial charge in [-0.05, 0) is 25.7 Å². The van der Waals surface area contributed by atoms with E-state index in [1.165, 1.54) is 77.6 Å². The Morgan fingerprint density at radius 1 is 0.800 bits per heavy atom. The van der Waals surface area contributed by atoms with Gasteiger partial charge in [-0.3, -0.25) is 4.79 Å². The van der Waals surface area contributed by atoms with Crippen LogP contribution >= 0.6 is 0 Å². The molecule has 0 aromatic heterocycles. The molecule has 0 aromatic carbocycles. The normalized spacial score (nSPS) is 11.1. The molecule has 0 amide bonds. The van der Waals surface area contributed by atoms with Gasteiger partial charge in [-0.2, -0.15) is 0 Å². The Labute approximate surface area is 126 Å². The van der Waals surface area contributed by atoms with Crippen LogP contribution in [-0.2, 0) is 9.53 Å². The number of hydrogen-bond acceptors (Lipinski definition) is 2. The molecular formula is C18H34O2. The van der Waals surface area contributed by atoms with E-state index in [-0.39, 0.29) is 5.97 Å². The molecule has 0 bridgehead atoms. The number of carbonyl (C=O) groups is 1. The molecule has 0 rings (SSSR count). The van der Waals surface area contributed by atoms with Crippen LogP contribution < -0.4 is 0 Å². The van der Waals surface area contributed by atoms with E-state index in [0.29, 0.717) is 6.61 Å². The molecule has 0 aliphatic heterocycles. The van der Waals surface area contributed by atoms with Crippen molar-refractivity contribution in [2.45, 2.75) is 90.9 Å². The lowest BCUT2D eigenvalue weighted by Gasteiger charge is -2.03. The molecule has 0 spiro atoms. The largest absolute Gasteiger partial charge is 0.466 e. The van der Waals surface area contributed by atoms with Gasteiger partial charge >= 0.3 is 5.97 Å². The Morgan fingerprint density at radius 2 is 1.30 bits per heavy atom. The van der Waals surface area contributed by atoms with Crippen LogP contribution in [0, 0.1) is 0 Å². The topological polar surface area (TPSA) is 26.3 Å². The first kappa shape index (κ1) is 19.2. The van der Waals surface area contributed by atoms with Gasteiger partial charge in [0.1, 0.15) is 0 Å². The van der Waals surface area contributed by atoms with Crippen LogP contribution in [0.2, 0.25) is 0 Å². The van der Waals surface area contributed by atoms with Crippen LogP contribution in [0.1, 0.15) is 90.9 Å². The Balaban J connectivity index is 3.01. The number of hydrogen-bond donors (Lipinski definition) is 0. The molecule has 0 N–H and O–H groups in total. The fourth-order valence-corrected chi connectivity index (χ4v) is 2.22. The lowest BCUT2D eigenvalue weighted by atomic mass is 10.1. The third-order valence-electron chi connectivity index (χ3n) is 3.44. The lowest BCUT2D eigenvalue weighted by Crippen LogP contribution is -2.00. The van der Waals surface area contributed by atoms with Crippen molar-refractivity contribution in [3.63, 3.8) is 0 Å². The fourth-order valence-electron chi connectivity index (χ4n) is 2.22. The highest BCUT2D eigenvalue weighted by molar-refractivity contribution is 5.65. The predicted octanol–water partition coefficient (Wildman–Crippen LogP) is 5.81. The summed E-state index contributed by atoms with van der Waals surface area (Å²) in [6.45, 7) is 4.29. The van der Waals surface area contributed by atoms with Crippen molar-refractivity contribution in [2.75, 3.05) is 6.61 Å². The Kier molecular flexibility index (Phi) is 15.6. The highest BCUT2D eigenvalue weighted by Gasteiger charge is 1.94. The second-order valence-corrected chi connectivity index (χ2v) is 5.57. The molecular weight excluding hydrogens is 248 g/mol. The van der Waals surface area contributed by atoms with Crippen molar-refractivity contribution in [3.8, 4) is 0 Å². The van der Waals surface area contributed by atoms with Crippen LogP contribution in [0.5, 0.6) is 0 Å². The average Bonchev–Trinajstić information content (AvgIpc) is 2.43. The monoisotopic (exact) mass is 282 g/mol. The van der Waals surface area contributed by atoms with Crippen molar-refractivity contribution >= 4 is 5.97 Å². The van der Waals surface area contributed by atoms with Gasteiger partial charge in [0.25, 0.3) is 0 Å². The highest BCUT2D eigenvalue weighted by Crippen LogP contribution is 2.11. The molecule has 2 heteroatoms. The van der Waals surface area contributed by atoms with E-state index >= 15 is 0 Å². The molecule has 0 heterocycles. The second kappa shape index (κ2) is 16.3. The summed E-state index contributed by atoms with van der Waals surface area (Å²) in [6, 6.07) is 0. The average molecular weight is 282 g/mol. The van der Waals surface area contributed by atoms with Crippen molar-refractivity contribution in [1.82, 2.24) is 0 Å². The minimum atomic E-state index is -0.158. The van der Waals surface area contributed by atoms with Crippen molar-refractivity contribution in [2.24, 2.45) is 0 Å². The number of unbranched alkanes of at least 4 members (excludes halogenated alkanes) is 10. The third-order valence-corrected chi connectivity index (χ3v) is 3.44. The van der Waals surface area contributed by atoms with Gasteiger partial charge < -0.3 is 4.74 Å². The van der Waals surface area contributed by atoms with Crippen LogP contribution in [0.3, 0.4) is 0 Å². The first-order chi connectivity index (χ1) is 9.77. The standard InChI is InChI=1S/C18H34O2/c1-3-4-5-6-7-8-9-10-11-12-13-14-15-16-17-20-18(2)19/h5-6H,3-4,7-17H2,1-2H3/b6-5-. The maximum Gasteiger partial charge on any atom is 0.302 e. The molecule has 0 atom stereocenters. The van der Waals surface area contributed by atoms with Crippen LogP contribution in [0.4, 0.5) is 0 Å². The summed E-state index contributed by atoms with van der Waals surface area (Å²) in [5, 5.41) is 0. The molecule has 0 saturated carbocycles. The predicted molar refractivity (Wildman–Crippen MR) is 86.9 cm³/mol. The SMILES string of the molecule is CCC/C=C\CCCCCCCCCCCOC(C)=O. The van der Waals surface area contributed by atoms with Crippen LogP contribution in [-0.4, -0.2) is 12.6 Å². The summed E-state index contributed by atoms with van der Waals surface area (Å²) in [5.74, 6) is -0.158. The molecule has 0 aliphatic rings. The first-order valence-corrected chi connectivity index (χ1v) is 8.55. The maximum atomic E-state index is 10.6. The molecule has 0 radical (unpaired) electrons. The van der Waals surface area contributed by atoms with Gasteiger partial charge in [-0.1, -0.05) is 70.4 Å². The summed E-state index contributed by atoms with van der Waals surface area (Å²) in [5.41, 5.74) is 0. The molecule has 0 saturated heterocycles. The summed E-state index contributed by atoms with van der Waals surface area (Å²) >= 11 is 0. The molecule has 0 aliphatic carbocycles. The van der Waals surface area contributed by atoms with E-state index in [2.05, 4.69) is 19.1 Å². The van der Waals surface area contributed by atoms with Gasteiger partial charge in [0.2, 0.25) is 0 Å². The zero-order valence-corrected chi connectivity index (χ0v) is 13.7. The number of allylic oxidation sites excluding steroid dienone is 2. The maximum absolute atomic E-state index is 10.6. The van der Waals surface area contributed by atoms with E-state index in [0.717, 1.165) is 6.42 Å². The number of ether oxygens (including phenoxy) is 1. The molecule has 118 valence electrons. The zero-order valence-electron chi connectivity index (χ0n) is 13.7. The Hall–Kier alpha value is -0.790. The summed E-state index contributed by atoms with van der Waals surface area (Å²) < 4.78 is 4.90. The summed E-state index contributed by atoms with van der Waals surface area (Å²) in [7, 11) is 0. The molecule has 2 nitrogen and oxygen atoms in total. The quantitative estimate of drug-likeness (QED) is 0.228.